The van der Waals surface area contributed by atoms with Gasteiger partial charge in [0.1, 0.15) is 0 Å². The number of nitrogens with zero attached hydrogens (tertiary/aromatic N) is 1. The summed E-state index contributed by atoms with van der Waals surface area (Å²) in [6.07, 6.45) is 4.71. The van der Waals surface area contributed by atoms with E-state index in [9.17, 15) is 4.79 Å². The van der Waals surface area contributed by atoms with Crippen LogP contribution >= 0.6 is 0 Å². The topological polar surface area (TPSA) is 46.1 Å². The molecule has 0 saturated carbocycles. The SMILES string of the molecule is CCNC(c1ccn(CCC(=O)NC)c1)C(C)C. The number of carbonyl (C=O) groups excluding carboxylic acids is 1. The molecule has 1 rings (SSSR count). The second-order valence-electron chi connectivity index (χ2n) is 4.89. The first kappa shape index (κ1) is 14.8. The highest BCUT2D eigenvalue weighted by Gasteiger charge is 2.15. The van der Waals surface area contributed by atoms with E-state index in [1.54, 1.807) is 7.05 Å². The summed E-state index contributed by atoms with van der Waals surface area (Å²) < 4.78 is 2.08. The van der Waals surface area contributed by atoms with Crippen LogP contribution in [0.3, 0.4) is 0 Å². The van der Waals surface area contributed by atoms with Gasteiger partial charge in [-0.1, -0.05) is 20.8 Å². The van der Waals surface area contributed by atoms with Crippen LogP contribution in [0.1, 0.15) is 38.8 Å². The summed E-state index contributed by atoms with van der Waals surface area (Å²) in [6.45, 7) is 8.26. The van der Waals surface area contributed by atoms with Crippen LogP contribution in [0.5, 0.6) is 0 Å². The van der Waals surface area contributed by atoms with E-state index in [1.807, 2.05) is 6.20 Å². The smallest absolute Gasteiger partial charge is 0.221 e. The van der Waals surface area contributed by atoms with Gasteiger partial charge in [-0.25, -0.2) is 0 Å². The summed E-state index contributed by atoms with van der Waals surface area (Å²) in [5.41, 5.74) is 1.30. The van der Waals surface area contributed by atoms with Crippen LogP contribution in [0.2, 0.25) is 0 Å². The lowest BCUT2D eigenvalue weighted by molar-refractivity contribution is -0.120. The standard InChI is InChI=1S/C14H25N3O/c1-5-16-14(11(2)3)12-6-8-17(10-12)9-7-13(18)15-4/h6,8,10-11,14,16H,5,7,9H2,1-4H3,(H,15,18). The molecule has 102 valence electrons. The zero-order valence-electron chi connectivity index (χ0n) is 11.9. The minimum absolute atomic E-state index is 0.0809. The average Bonchev–Trinajstić information content (AvgIpc) is 2.80. The first-order valence-corrected chi connectivity index (χ1v) is 6.68. The summed E-state index contributed by atoms with van der Waals surface area (Å²) in [7, 11) is 1.67. The Hall–Kier alpha value is -1.29. The Morgan fingerprint density at radius 1 is 1.44 bits per heavy atom. The van der Waals surface area contributed by atoms with Gasteiger partial charge in [0, 0.05) is 38.4 Å². The van der Waals surface area contributed by atoms with Crippen LogP contribution < -0.4 is 10.6 Å². The van der Waals surface area contributed by atoms with E-state index >= 15 is 0 Å². The minimum Gasteiger partial charge on any atom is -0.359 e. The highest BCUT2D eigenvalue weighted by atomic mass is 16.1. The van der Waals surface area contributed by atoms with E-state index in [1.165, 1.54) is 5.56 Å². The molecule has 0 saturated heterocycles. The molecule has 0 fully saturated rings. The quantitative estimate of drug-likeness (QED) is 0.778. The molecule has 0 aromatic carbocycles. The Morgan fingerprint density at radius 2 is 2.17 bits per heavy atom. The molecule has 1 aromatic rings. The second kappa shape index (κ2) is 7.21. The third-order valence-corrected chi connectivity index (χ3v) is 3.10. The molecule has 0 aliphatic carbocycles. The van der Waals surface area contributed by atoms with Crippen molar-refractivity contribution < 1.29 is 4.79 Å². The number of rotatable bonds is 7. The maximum atomic E-state index is 11.2. The molecule has 4 nitrogen and oxygen atoms in total. The summed E-state index contributed by atoms with van der Waals surface area (Å²) >= 11 is 0. The van der Waals surface area contributed by atoms with Crippen molar-refractivity contribution in [3.8, 4) is 0 Å². The molecule has 0 aliphatic rings. The fraction of sp³-hybridized carbons (Fsp3) is 0.643. The highest BCUT2D eigenvalue weighted by molar-refractivity contribution is 5.75. The van der Waals surface area contributed by atoms with Crippen molar-refractivity contribution in [2.45, 2.75) is 39.8 Å². The lowest BCUT2D eigenvalue weighted by Crippen LogP contribution is -2.25. The Kier molecular flexibility index (Phi) is 5.92. The third kappa shape index (κ3) is 4.18. The highest BCUT2D eigenvalue weighted by Crippen LogP contribution is 2.21. The van der Waals surface area contributed by atoms with Crippen molar-refractivity contribution in [2.24, 2.45) is 5.92 Å². The van der Waals surface area contributed by atoms with Crippen molar-refractivity contribution in [2.75, 3.05) is 13.6 Å². The van der Waals surface area contributed by atoms with E-state index in [2.05, 4.69) is 48.2 Å². The molecule has 2 N–H and O–H groups in total. The maximum absolute atomic E-state index is 11.2. The van der Waals surface area contributed by atoms with E-state index < -0.39 is 0 Å². The predicted octanol–water partition coefficient (Wildman–Crippen LogP) is 1.93. The molecule has 1 atom stereocenters. The Balaban J connectivity index is 2.63. The van der Waals surface area contributed by atoms with Gasteiger partial charge < -0.3 is 15.2 Å². The van der Waals surface area contributed by atoms with Crippen LogP contribution in [-0.2, 0) is 11.3 Å². The second-order valence-corrected chi connectivity index (χ2v) is 4.89. The van der Waals surface area contributed by atoms with Gasteiger partial charge >= 0.3 is 0 Å². The van der Waals surface area contributed by atoms with Gasteiger partial charge in [-0.15, -0.1) is 0 Å². The monoisotopic (exact) mass is 251 g/mol. The number of aryl methyl sites for hydroxylation is 1. The molecular weight excluding hydrogens is 226 g/mol. The van der Waals surface area contributed by atoms with Crippen LogP contribution in [0, 0.1) is 5.92 Å². The Labute approximate surface area is 110 Å². The van der Waals surface area contributed by atoms with Gasteiger partial charge in [0.25, 0.3) is 0 Å². The van der Waals surface area contributed by atoms with Crippen molar-refractivity contribution >= 4 is 5.91 Å². The van der Waals surface area contributed by atoms with Crippen molar-refractivity contribution in [1.82, 2.24) is 15.2 Å². The zero-order valence-corrected chi connectivity index (χ0v) is 11.9. The normalized spacial score (nSPS) is 12.7. The largest absolute Gasteiger partial charge is 0.359 e. The van der Waals surface area contributed by atoms with Gasteiger partial charge in [-0.2, -0.15) is 0 Å². The Bertz CT molecular complexity index is 371. The van der Waals surface area contributed by atoms with Crippen LogP contribution in [0.25, 0.3) is 0 Å². The van der Waals surface area contributed by atoms with E-state index in [4.69, 9.17) is 0 Å². The summed E-state index contributed by atoms with van der Waals surface area (Å²) in [5, 5.41) is 6.13. The fourth-order valence-electron chi connectivity index (χ4n) is 2.10. The number of nitrogens with one attached hydrogen (secondary N) is 2. The number of hydrogen-bond donors (Lipinski definition) is 2. The third-order valence-electron chi connectivity index (χ3n) is 3.10. The van der Waals surface area contributed by atoms with Crippen LogP contribution in [0.4, 0.5) is 0 Å². The molecule has 0 spiro atoms. The predicted molar refractivity (Wildman–Crippen MR) is 74.4 cm³/mol. The molecule has 1 amide bonds. The van der Waals surface area contributed by atoms with E-state index in [0.29, 0.717) is 18.4 Å². The van der Waals surface area contributed by atoms with E-state index in [0.717, 1.165) is 13.1 Å². The molecule has 4 heteroatoms. The molecule has 0 bridgehead atoms. The molecule has 18 heavy (non-hydrogen) atoms. The number of carbonyl (C=O) groups is 1. The van der Waals surface area contributed by atoms with E-state index in [-0.39, 0.29) is 5.91 Å². The lowest BCUT2D eigenvalue weighted by atomic mass is 9.98. The van der Waals surface area contributed by atoms with Gasteiger partial charge in [0.2, 0.25) is 5.91 Å². The van der Waals surface area contributed by atoms with Crippen molar-refractivity contribution in [3.05, 3.63) is 24.0 Å². The summed E-state index contributed by atoms with van der Waals surface area (Å²) in [4.78, 5) is 11.2. The lowest BCUT2D eigenvalue weighted by Gasteiger charge is -2.20. The fourth-order valence-corrected chi connectivity index (χ4v) is 2.10. The maximum Gasteiger partial charge on any atom is 0.221 e. The first-order valence-electron chi connectivity index (χ1n) is 6.68. The summed E-state index contributed by atoms with van der Waals surface area (Å²) in [5.74, 6) is 0.636. The van der Waals surface area contributed by atoms with Gasteiger partial charge in [-0.3, -0.25) is 4.79 Å². The van der Waals surface area contributed by atoms with Crippen LogP contribution in [0.15, 0.2) is 18.5 Å². The van der Waals surface area contributed by atoms with Crippen molar-refractivity contribution in [3.63, 3.8) is 0 Å². The Morgan fingerprint density at radius 3 is 2.72 bits per heavy atom. The molecule has 1 heterocycles. The molecule has 1 aromatic heterocycles. The van der Waals surface area contributed by atoms with Crippen LogP contribution in [-0.4, -0.2) is 24.1 Å². The number of amides is 1. The molecule has 0 aliphatic heterocycles. The molecule has 1 unspecified atom stereocenters. The summed E-state index contributed by atoms with van der Waals surface area (Å²) in [6, 6.07) is 2.52. The first-order chi connectivity index (χ1) is 8.58. The molecular formula is C14H25N3O. The van der Waals surface area contributed by atoms with Gasteiger partial charge in [0.15, 0.2) is 0 Å². The minimum atomic E-state index is 0.0809. The number of hydrogen-bond acceptors (Lipinski definition) is 2. The number of aromatic nitrogens is 1. The zero-order chi connectivity index (χ0) is 13.5. The average molecular weight is 251 g/mol. The van der Waals surface area contributed by atoms with Gasteiger partial charge in [-0.05, 0) is 24.1 Å². The molecule has 0 radical (unpaired) electrons. The van der Waals surface area contributed by atoms with Gasteiger partial charge in [0.05, 0.1) is 0 Å². The van der Waals surface area contributed by atoms with Crippen molar-refractivity contribution in [1.29, 1.82) is 0 Å².